The molecule has 1 heterocycles. The van der Waals surface area contributed by atoms with Crippen LogP contribution in [0.15, 0.2) is 34.2 Å². The van der Waals surface area contributed by atoms with E-state index in [1.54, 1.807) is 10.9 Å². The predicted octanol–water partition coefficient (Wildman–Crippen LogP) is 3.08. The van der Waals surface area contributed by atoms with Gasteiger partial charge in [-0.2, -0.15) is 5.10 Å². The molecule has 0 bridgehead atoms. The van der Waals surface area contributed by atoms with Crippen LogP contribution in [0.5, 0.6) is 11.5 Å². The molecule has 0 radical (unpaired) electrons. The lowest BCUT2D eigenvalue weighted by Gasteiger charge is -2.09. The minimum atomic E-state index is -0.637. The molecule has 0 spiro atoms. The van der Waals surface area contributed by atoms with Crippen molar-refractivity contribution in [3.05, 3.63) is 40.4 Å². The number of hydrogen-bond acceptors (Lipinski definition) is 4. The second-order valence-electron chi connectivity index (χ2n) is 4.27. The average Bonchev–Trinajstić information content (AvgIpc) is 2.91. The highest BCUT2D eigenvalue weighted by molar-refractivity contribution is 9.10. The summed E-state index contributed by atoms with van der Waals surface area (Å²) in [6, 6.07) is 2.90. The molecular weight excluding hydrogens is 343 g/mol. The normalized spacial score (nSPS) is 11.7. The molecule has 0 saturated carbocycles. The van der Waals surface area contributed by atoms with Crippen molar-refractivity contribution in [1.29, 1.82) is 0 Å². The Morgan fingerprint density at radius 1 is 1.57 bits per heavy atom. The Hall–Kier alpha value is -2.09. The molecule has 0 atom stereocenters. The molecule has 0 aliphatic rings. The first-order chi connectivity index (χ1) is 10.1. The number of nitrogens with zero attached hydrogens (tertiary/aromatic N) is 3. The van der Waals surface area contributed by atoms with Crippen molar-refractivity contribution in [3.63, 3.8) is 0 Å². The Kier molecular flexibility index (Phi) is 4.79. The van der Waals surface area contributed by atoms with Crippen molar-refractivity contribution in [3.8, 4) is 11.5 Å². The highest BCUT2D eigenvalue weighted by atomic mass is 79.9. The second kappa shape index (κ2) is 6.57. The summed E-state index contributed by atoms with van der Waals surface area (Å²) in [4.78, 5) is 0. The molecule has 6 nitrogen and oxygen atoms in total. The van der Waals surface area contributed by atoms with Crippen LogP contribution in [-0.4, -0.2) is 20.8 Å². The van der Waals surface area contributed by atoms with E-state index >= 15 is 0 Å². The third-order valence-electron chi connectivity index (χ3n) is 2.72. The van der Waals surface area contributed by atoms with E-state index in [1.807, 2.05) is 6.92 Å². The quantitative estimate of drug-likeness (QED) is 0.373. The van der Waals surface area contributed by atoms with Gasteiger partial charge in [-0.15, -0.1) is 0 Å². The molecule has 0 unspecified atom stereocenters. The average molecular weight is 357 g/mol. The molecule has 0 fully saturated rings. The van der Waals surface area contributed by atoms with E-state index in [-0.39, 0.29) is 21.6 Å². The zero-order chi connectivity index (χ0) is 15.4. The first kappa shape index (κ1) is 15.3. The second-order valence-corrected chi connectivity index (χ2v) is 5.06. The lowest BCUT2D eigenvalue weighted by atomic mass is 10.2. The number of halogens is 2. The maximum Gasteiger partial charge on any atom is 0.180 e. The molecule has 112 valence electrons. The molecule has 8 heteroatoms. The number of oxime groups is 1. The van der Waals surface area contributed by atoms with Gasteiger partial charge in [0, 0.05) is 12.1 Å². The summed E-state index contributed by atoms with van der Waals surface area (Å²) in [7, 11) is 0. The monoisotopic (exact) mass is 356 g/mol. The summed E-state index contributed by atoms with van der Waals surface area (Å²) in [6.07, 6.45) is 4.14. The first-order valence-corrected chi connectivity index (χ1v) is 7.02. The van der Waals surface area contributed by atoms with Gasteiger partial charge < -0.3 is 15.7 Å². The molecule has 0 amide bonds. The largest absolute Gasteiger partial charge is 0.451 e. The lowest BCUT2D eigenvalue weighted by Crippen LogP contribution is -2.14. The van der Waals surface area contributed by atoms with Crippen LogP contribution in [0.1, 0.15) is 18.9 Å². The summed E-state index contributed by atoms with van der Waals surface area (Å²) in [6.45, 7) is 2.79. The van der Waals surface area contributed by atoms with E-state index in [9.17, 15) is 4.39 Å². The lowest BCUT2D eigenvalue weighted by molar-refractivity contribution is 0.318. The van der Waals surface area contributed by atoms with Crippen LogP contribution >= 0.6 is 15.9 Å². The molecule has 2 aromatic rings. The standard InChI is InChI=1S/C13H14BrFN4O2/c1-2-5-19-7-8(6-17-19)21-10-4-3-9(13(16)18-20)11(14)12(10)15/h3-4,6-7,20H,2,5H2,1H3,(H2,16,18). The number of nitrogens with two attached hydrogens (primary N) is 1. The third kappa shape index (κ3) is 3.33. The van der Waals surface area contributed by atoms with Gasteiger partial charge in [0.2, 0.25) is 0 Å². The number of hydrogen-bond donors (Lipinski definition) is 2. The van der Waals surface area contributed by atoms with Crippen LogP contribution in [-0.2, 0) is 6.54 Å². The maximum atomic E-state index is 14.2. The van der Waals surface area contributed by atoms with Crippen LogP contribution in [0.25, 0.3) is 0 Å². The fourth-order valence-electron chi connectivity index (χ4n) is 1.74. The topological polar surface area (TPSA) is 85.7 Å². The number of aromatic nitrogens is 2. The van der Waals surface area contributed by atoms with Crippen LogP contribution < -0.4 is 10.5 Å². The molecule has 0 aliphatic carbocycles. The molecular formula is C13H14BrFN4O2. The molecule has 0 saturated heterocycles. The highest BCUT2D eigenvalue weighted by Gasteiger charge is 2.16. The smallest absolute Gasteiger partial charge is 0.180 e. The van der Waals surface area contributed by atoms with Gasteiger partial charge >= 0.3 is 0 Å². The van der Waals surface area contributed by atoms with Gasteiger partial charge in [0.15, 0.2) is 23.2 Å². The SMILES string of the molecule is CCCn1cc(Oc2ccc(/C(N)=N/O)c(Br)c2F)cn1. The Balaban J connectivity index is 2.26. The van der Waals surface area contributed by atoms with Crippen molar-refractivity contribution in [2.24, 2.45) is 10.9 Å². The van der Waals surface area contributed by atoms with E-state index in [4.69, 9.17) is 15.7 Å². The minimum Gasteiger partial charge on any atom is -0.451 e. The molecule has 3 N–H and O–H groups in total. The van der Waals surface area contributed by atoms with Gasteiger partial charge in [0.1, 0.15) is 0 Å². The van der Waals surface area contributed by atoms with Crippen molar-refractivity contribution >= 4 is 21.8 Å². The Morgan fingerprint density at radius 3 is 3.00 bits per heavy atom. The Labute approximate surface area is 129 Å². The number of amidine groups is 1. The summed E-state index contributed by atoms with van der Waals surface area (Å²) < 4.78 is 21.4. The summed E-state index contributed by atoms with van der Waals surface area (Å²) in [5.74, 6) is -0.372. The van der Waals surface area contributed by atoms with E-state index in [2.05, 4.69) is 26.2 Å². The highest BCUT2D eigenvalue weighted by Crippen LogP contribution is 2.31. The molecule has 2 rings (SSSR count). The predicted molar refractivity (Wildman–Crippen MR) is 79.2 cm³/mol. The summed E-state index contributed by atoms with van der Waals surface area (Å²) in [5.41, 5.74) is 5.69. The third-order valence-corrected chi connectivity index (χ3v) is 3.50. The molecule has 1 aromatic carbocycles. The van der Waals surface area contributed by atoms with Crippen LogP contribution in [0.4, 0.5) is 4.39 Å². The molecule has 0 aliphatic heterocycles. The van der Waals surface area contributed by atoms with Crippen molar-refractivity contribution in [2.75, 3.05) is 0 Å². The van der Waals surface area contributed by atoms with Gasteiger partial charge in [0.25, 0.3) is 0 Å². The van der Waals surface area contributed by atoms with Crippen molar-refractivity contribution in [1.82, 2.24) is 9.78 Å². The van der Waals surface area contributed by atoms with Gasteiger partial charge in [0.05, 0.1) is 16.9 Å². The van der Waals surface area contributed by atoms with Gasteiger partial charge in [-0.1, -0.05) is 12.1 Å². The number of aryl methyl sites for hydroxylation is 1. The van der Waals surface area contributed by atoms with E-state index in [0.717, 1.165) is 13.0 Å². The first-order valence-electron chi connectivity index (χ1n) is 6.23. The summed E-state index contributed by atoms with van der Waals surface area (Å²) in [5, 5.41) is 15.6. The van der Waals surface area contributed by atoms with E-state index in [0.29, 0.717) is 5.75 Å². The summed E-state index contributed by atoms with van der Waals surface area (Å²) >= 11 is 3.07. The van der Waals surface area contributed by atoms with E-state index < -0.39 is 5.82 Å². The zero-order valence-electron chi connectivity index (χ0n) is 11.3. The Bertz CT molecular complexity index is 672. The van der Waals surface area contributed by atoms with Crippen molar-refractivity contribution < 1.29 is 14.3 Å². The number of rotatable bonds is 5. The zero-order valence-corrected chi connectivity index (χ0v) is 12.8. The number of ether oxygens (including phenoxy) is 1. The molecule has 1 aromatic heterocycles. The van der Waals surface area contributed by atoms with Crippen molar-refractivity contribution in [2.45, 2.75) is 19.9 Å². The number of benzene rings is 1. The minimum absolute atomic E-state index is 0.0208. The fraction of sp³-hybridized carbons (Fsp3) is 0.231. The fourth-order valence-corrected chi connectivity index (χ4v) is 2.27. The molecule has 21 heavy (non-hydrogen) atoms. The van der Waals surface area contributed by atoms with Crippen LogP contribution in [0, 0.1) is 5.82 Å². The maximum absolute atomic E-state index is 14.2. The van der Waals surface area contributed by atoms with Gasteiger partial charge in [-0.05, 0) is 34.5 Å². The Morgan fingerprint density at radius 2 is 2.33 bits per heavy atom. The van der Waals surface area contributed by atoms with Crippen LogP contribution in [0.3, 0.4) is 0 Å². The van der Waals surface area contributed by atoms with Gasteiger partial charge in [-0.25, -0.2) is 4.39 Å². The van der Waals surface area contributed by atoms with Crippen LogP contribution in [0.2, 0.25) is 0 Å². The van der Waals surface area contributed by atoms with E-state index in [1.165, 1.54) is 18.3 Å². The van der Waals surface area contributed by atoms with Gasteiger partial charge in [-0.3, -0.25) is 4.68 Å².